The zero-order valence-corrected chi connectivity index (χ0v) is 23.7. The summed E-state index contributed by atoms with van der Waals surface area (Å²) < 4.78 is 14.9. The molecule has 41 heavy (non-hydrogen) atoms. The molecule has 212 valence electrons. The first kappa shape index (κ1) is 29.0. The van der Waals surface area contributed by atoms with Gasteiger partial charge in [-0.2, -0.15) is 0 Å². The summed E-state index contributed by atoms with van der Waals surface area (Å²) in [5.41, 5.74) is 7.70. The highest BCUT2D eigenvalue weighted by atomic mass is 35.5. The Kier molecular flexibility index (Phi) is 8.63. The molecule has 2 aliphatic rings. The fourth-order valence-electron chi connectivity index (χ4n) is 6.56. The smallest absolute Gasteiger partial charge is 0.240 e. The van der Waals surface area contributed by atoms with Gasteiger partial charge in [0.05, 0.1) is 12.1 Å². The number of fused-ring (bicyclic) bond motifs is 2. The Labute approximate surface area is 248 Å². The van der Waals surface area contributed by atoms with Gasteiger partial charge in [0.2, 0.25) is 5.91 Å². The monoisotopic (exact) mass is 568 g/mol. The van der Waals surface area contributed by atoms with E-state index in [1.54, 1.807) is 12.1 Å². The molecule has 6 rings (SSSR count). The van der Waals surface area contributed by atoms with E-state index in [0.29, 0.717) is 10.6 Å². The number of hydrogen-bond acceptors (Lipinski definition) is 2. The molecule has 1 amide bonds. The summed E-state index contributed by atoms with van der Waals surface area (Å²) in [6, 6.07) is 29.2. The number of benzene rings is 4. The molecule has 3 nitrogen and oxygen atoms in total. The Morgan fingerprint density at radius 2 is 1.56 bits per heavy atom. The highest BCUT2D eigenvalue weighted by Gasteiger charge is 2.39. The summed E-state index contributed by atoms with van der Waals surface area (Å²) in [5, 5.41) is 0.700. The predicted molar refractivity (Wildman–Crippen MR) is 166 cm³/mol. The first-order valence-corrected chi connectivity index (χ1v) is 14.5. The van der Waals surface area contributed by atoms with Crippen LogP contribution in [0.1, 0.15) is 59.3 Å². The lowest BCUT2D eigenvalue weighted by atomic mass is 9.86. The minimum Gasteiger partial charge on any atom is -0.333 e. The van der Waals surface area contributed by atoms with Crippen molar-refractivity contribution < 1.29 is 9.18 Å². The lowest BCUT2D eigenvalue weighted by Crippen LogP contribution is -2.53. The van der Waals surface area contributed by atoms with Crippen molar-refractivity contribution in [1.82, 2.24) is 9.80 Å². The molecule has 0 unspecified atom stereocenters. The van der Waals surface area contributed by atoms with Gasteiger partial charge in [-0.05, 0) is 73.1 Å². The van der Waals surface area contributed by atoms with Crippen molar-refractivity contribution >= 4 is 17.5 Å². The van der Waals surface area contributed by atoms with Crippen molar-refractivity contribution in [3.63, 3.8) is 0 Å². The van der Waals surface area contributed by atoms with E-state index >= 15 is 0 Å². The van der Waals surface area contributed by atoms with Gasteiger partial charge in [0.15, 0.2) is 0 Å². The predicted octanol–water partition coefficient (Wildman–Crippen LogP) is 7.96. The van der Waals surface area contributed by atoms with Crippen LogP contribution in [0.3, 0.4) is 0 Å². The maximum atomic E-state index is 14.9. The number of nitrogens with zero attached hydrogens (tertiary/aromatic N) is 2. The quantitative estimate of drug-likeness (QED) is 0.235. The number of amides is 1. The Balaban J connectivity index is 0.00000337. The molecular weight excluding hydrogens is 531 g/mol. The summed E-state index contributed by atoms with van der Waals surface area (Å²) in [4.78, 5) is 18.8. The lowest BCUT2D eigenvalue weighted by molar-refractivity contribution is -0.140. The Hall–Kier alpha value is -3.47. The van der Waals surface area contributed by atoms with Crippen molar-refractivity contribution in [3.05, 3.63) is 141 Å². The molecule has 1 aliphatic carbocycles. The van der Waals surface area contributed by atoms with Gasteiger partial charge in [-0.1, -0.05) is 103 Å². The maximum absolute atomic E-state index is 14.9. The Morgan fingerprint density at radius 1 is 0.927 bits per heavy atom. The molecule has 0 bridgehead atoms. The maximum Gasteiger partial charge on any atom is 0.240 e. The molecule has 0 saturated carbocycles. The molecule has 1 heterocycles. The normalized spacial score (nSPS) is 17.3. The average Bonchev–Trinajstić information content (AvgIpc) is 3.41. The number of halogens is 2. The topological polar surface area (TPSA) is 23.6 Å². The number of carbonyl (C=O) groups is 1. The van der Waals surface area contributed by atoms with Crippen molar-refractivity contribution in [3.8, 4) is 0 Å². The van der Waals surface area contributed by atoms with Crippen molar-refractivity contribution in [2.75, 3.05) is 6.54 Å². The van der Waals surface area contributed by atoms with Gasteiger partial charge >= 0.3 is 0 Å². The number of carbonyl (C=O) groups excluding carboxylic acids is 1. The van der Waals surface area contributed by atoms with E-state index in [9.17, 15) is 9.18 Å². The Bertz CT molecular complexity index is 1530. The van der Waals surface area contributed by atoms with Crippen LogP contribution >= 0.6 is 11.6 Å². The number of rotatable bonds is 6. The van der Waals surface area contributed by atoms with E-state index in [-0.39, 0.29) is 37.8 Å². The van der Waals surface area contributed by atoms with Gasteiger partial charge in [-0.15, -0.1) is 0 Å². The fourth-order valence-corrected chi connectivity index (χ4v) is 6.78. The van der Waals surface area contributed by atoms with Crippen molar-refractivity contribution in [2.45, 2.75) is 65.2 Å². The van der Waals surface area contributed by atoms with Crippen LogP contribution in [0.15, 0.2) is 91.0 Å². The van der Waals surface area contributed by atoms with Crippen LogP contribution in [0.2, 0.25) is 5.02 Å². The van der Waals surface area contributed by atoms with E-state index < -0.39 is 6.04 Å². The van der Waals surface area contributed by atoms with Crippen LogP contribution in [0, 0.1) is 12.7 Å². The molecule has 0 spiro atoms. The lowest BCUT2D eigenvalue weighted by Gasteiger charge is -2.43. The molecule has 0 aromatic heterocycles. The minimum atomic E-state index is -0.426. The third-order valence-electron chi connectivity index (χ3n) is 8.67. The largest absolute Gasteiger partial charge is 0.333 e. The summed E-state index contributed by atoms with van der Waals surface area (Å²) in [6.45, 7) is 5.05. The van der Waals surface area contributed by atoms with Crippen LogP contribution in [0.5, 0.6) is 0 Å². The molecule has 2 atom stereocenters. The summed E-state index contributed by atoms with van der Waals surface area (Å²) in [6.07, 6.45) is 2.41. The molecule has 4 aromatic rings. The van der Waals surface area contributed by atoms with E-state index in [1.165, 1.54) is 28.3 Å². The van der Waals surface area contributed by atoms with Crippen LogP contribution in [0.4, 0.5) is 4.39 Å². The standard InChI is InChI=1S/C35H34ClFN2O.CH4/c1-23-15-16-32(36)31(19-23)34-30-13-7-5-9-25(30)17-18-38(34)24(2)35(40)39(22-28-12-6-8-14-33(28)37)29-20-26-10-3-4-11-27(26)21-29;/h3-16,19,24,29,34H,17-18,20-22H2,1-2H3;1H4/t24-,34+;/m0./s1. The first-order chi connectivity index (χ1) is 19.4. The van der Waals surface area contributed by atoms with E-state index in [1.807, 2.05) is 42.2 Å². The van der Waals surface area contributed by atoms with Crippen LogP contribution < -0.4 is 0 Å². The third-order valence-corrected chi connectivity index (χ3v) is 9.02. The summed E-state index contributed by atoms with van der Waals surface area (Å²) >= 11 is 6.82. The van der Waals surface area contributed by atoms with E-state index in [2.05, 4.69) is 54.3 Å². The van der Waals surface area contributed by atoms with E-state index in [0.717, 1.165) is 36.9 Å². The first-order valence-electron chi connectivity index (χ1n) is 14.1. The summed E-state index contributed by atoms with van der Waals surface area (Å²) in [5.74, 6) is -0.256. The van der Waals surface area contributed by atoms with Crippen LogP contribution in [-0.4, -0.2) is 34.3 Å². The number of aryl methyl sites for hydroxylation is 1. The van der Waals surface area contributed by atoms with Gasteiger partial charge in [0.25, 0.3) is 0 Å². The van der Waals surface area contributed by atoms with Crippen molar-refractivity contribution in [1.29, 1.82) is 0 Å². The van der Waals surface area contributed by atoms with Gasteiger partial charge < -0.3 is 4.90 Å². The zero-order chi connectivity index (χ0) is 27.8. The molecule has 0 saturated heterocycles. The highest BCUT2D eigenvalue weighted by Crippen LogP contribution is 2.40. The second kappa shape index (κ2) is 12.2. The van der Waals surface area contributed by atoms with Gasteiger partial charge in [-0.25, -0.2) is 4.39 Å². The van der Waals surface area contributed by atoms with Gasteiger partial charge in [0, 0.05) is 29.7 Å². The van der Waals surface area contributed by atoms with Crippen LogP contribution in [-0.2, 0) is 30.6 Å². The Morgan fingerprint density at radius 3 is 2.27 bits per heavy atom. The molecule has 0 radical (unpaired) electrons. The fraction of sp³-hybridized carbons (Fsp3) is 0.306. The number of hydrogen-bond donors (Lipinski definition) is 0. The van der Waals surface area contributed by atoms with Crippen molar-refractivity contribution in [2.24, 2.45) is 0 Å². The third kappa shape index (κ3) is 5.68. The van der Waals surface area contributed by atoms with Gasteiger partial charge in [-0.3, -0.25) is 9.69 Å². The van der Waals surface area contributed by atoms with Crippen LogP contribution in [0.25, 0.3) is 0 Å². The SMILES string of the molecule is C.Cc1ccc(Cl)c([C@H]2c3ccccc3CCN2[C@@H](C)C(=O)N(Cc2ccccc2F)C2Cc3ccccc3C2)c1. The second-order valence-electron chi connectivity index (χ2n) is 11.2. The second-order valence-corrected chi connectivity index (χ2v) is 11.6. The molecule has 4 aromatic carbocycles. The molecule has 0 fully saturated rings. The summed E-state index contributed by atoms with van der Waals surface area (Å²) in [7, 11) is 0. The molecule has 5 heteroatoms. The average molecular weight is 569 g/mol. The highest BCUT2D eigenvalue weighted by molar-refractivity contribution is 6.31. The van der Waals surface area contributed by atoms with Gasteiger partial charge in [0.1, 0.15) is 5.82 Å². The minimum absolute atomic E-state index is 0. The zero-order valence-electron chi connectivity index (χ0n) is 23.0. The molecular formula is C36H38ClFN2O. The molecule has 0 N–H and O–H groups in total. The molecule has 1 aliphatic heterocycles. The van der Waals surface area contributed by atoms with E-state index in [4.69, 9.17) is 11.6 Å².